The molecule has 3 aromatic rings. The number of para-hydroxylation sites is 2. The average molecular weight is 487 g/mol. The van der Waals surface area contributed by atoms with Crippen molar-refractivity contribution >= 4 is 29.1 Å². The number of fused-ring (bicyclic) bond motifs is 1. The zero-order valence-corrected chi connectivity index (χ0v) is 19.4. The lowest BCUT2D eigenvalue weighted by Gasteiger charge is -2.12. The predicted octanol–water partition coefficient (Wildman–Crippen LogP) is 3.12. The molecule has 0 atom stereocenters. The number of nitriles is 1. The van der Waals surface area contributed by atoms with Gasteiger partial charge in [0, 0.05) is 12.7 Å². The number of methoxy groups -OCH3 is 2. The van der Waals surface area contributed by atoms with E-state index in [0.717, 1.165) is 5.69 Å². The van der Waals surface area contributed by atoms with E-state index in [0.29, 0.717) is 17.0 Å². The number of hydrogen-bond donors (Lipinski definition) is 2. The molecule has 0 amide bonds. The lowest BCUT2D eigenvalue weighted by molar-refractivity contribution is -0.142. The first-order valence-electron chi connectivity index (χ1n) is 10.7. The lowest BCUT2D eigenvalue weighted by atomic mass is 10.1. The number of aromatic nitrogens is 2. The Hall–Kier alpha value is -5.11. The van der Waals surface area contributed by atoms with E-state index in [1.165, 1.54) is 20.4 Å². The van der Waals surface area contributed by atoms with Crippen molar-refractivity contribution in [3.63, 3.8) is 0 Å². The highest BCUT2D eigenvalue weighted by Crippen LogP contribution is 2.35. The van der Waals surface area contributed by atoms with Crippen LogP contribution in [0, 0.1) is 11.3 Å². The minimum absolute atomic E-state index is 0.149. The van der Waals surface area contributed by atoms with Crippen LogP contribution in [0.5, 0.6) is 11.5 Å². The normalized spacial score (nSPS) is 12.8. The maximum absolute atomic E-state index is 12.2. The number of hydrogen-bond acceptors (Lipinski definition) is 11. The van der Waals surface area contributed by atoms with Crippen molar-refractivity contribution in [3.8, 4) is 17.6 Å². The van der Waals surface area contributed by atoms with E-state index in [1.807, 2.05) is 18.2 Å². The molecule has 1 aliphatic rings. The first kappa shape index (κ1) is 24.0. The Morgan fingerprint density at radius 3 is 2.72 bits per heavy atom. The van der Waals surface area contributed by atoms with Gasteiger partial charge in [-0.15, -0.1) is 0 Å². The van der Waals surface area contributed by atoms with E-state index in [4.69, 9.17) is 14.2 Å². The third kappa shape index (κ3) is 5.34. The molecule has 36 heavy (non-hydrogen) atoms. The smallest absolute Gasteiger partial charge is 0.343 e. The molecule has 2 heterocycles. The molecule has 0 spiro atoms. The maximum atomic E-state index is 12.2. The molecule has 0 radical (unpaired) electrons. The minimum Gasteiger partial charge on any atom is -0.481 e. The van der Waals surface area contributed by atoms with Crippen LogP contribution in [-0.4, -0.2) is 42.7 Å². The van der Waals surface area contributed by atoms with Gasteiger partial charge in [0.25, 0.3) is 0 Å². The maximum Gasteiger partial charge on any atom is 0.343 e. The fourth-order valence-corrected chi connectivity index (χ4v) is 3.30. The number of benzene rings is 2. The van der Waals surface area contributed by atoms with E-state index in [1.54, 1.807) is 30.3 Å². The molecule has 2 N–H and O–H groups in total. The van der Waals surface area contributed by atoms with Gasteiger partial charge in [-0.3, -0.25) is 0 Å². The zero-order chi connectivity index (χ0) is 25.5. The Bertz CT molecular complexity index is 1350. The highest BCUT2D eigenvalue weighted by atomic mass is 16.6. The summed E-state index contributed by atoms with van der Waals surface area (Å²) in [6.07, 6.45) is 1.52. The van der Waals surface area contributed by atoms with Gasteiger partial charge >= 0.3 is 11.9 Å². The quantitative estimate of drug-likeness (QED) is 0.357. The van der Waals surface area contributed by atoms with Gasteiger partial charge in [-0.1, -0.05) is 18.2 Å². The van der Waals surface area contributed by atoms with Crippen molar-refractivity contribution in [3.05, 3.63) is 77.4 Å². The largest absolute Gasteiger partial charge is 0.481 e. The Morgan fingerprint density at radius 1 is 1.14 bits per heavy atom. The second-order valence-corrected chi connectivity index (χ2v) is 7.35. The van der Waals surface area contributed by atoms with Crippen LogP contribution >= 0.6 is 0 Å². The average Bonchev–Trinajstić information content (AvgIpc) is 3.34. The summed E-state index contributed by atoms with van der Waals surface area (Å²) in [6.45, 7) is -0.0948. The SMILES string of the molecule is COC(=O)COc1ccc(CNc2nccc(/C(C#N)=C3\Nc4ccccc4O3)n2)cc1C(=O)OC. The van der Waals surface area contributed by atoms with Crippen LogP contribution in [0.1, 0.15) is 21.6 Å². The summed E-state index contributed by atoms with van der Waals surface area (Å²) in [4.78, 5) is 32.2. The molecule has 11 heteroatoms. The van der Waals surface area contributed by atoms with Crippen molar-refractivity contribution in [2.75, 3.05) is 31.5 Å². The van der Waals surface area contributed by atoms with Crippen LogP contribution in [0.15, 0.2) is 60.6 Å². The summed E-state index contributed by atoms with van der Waals surface area (Å²) >= 11 is 0. The van der Waals surface area contributed by atoms with E-state index in [-0.39, 0.29) is 41.9 Å². The molecule has 2 aromatic carbocycles. The monoisotopic (exact) mass is 487 g/mol. The fraction of sp³-hybridized carbons (Fsp3) is 0.160. The summed E-state index contributed by atoms with van der Waals surface area (Å²) in [6, 6.07) is 15.9. The van der Waals surface area contributed by atoms with Crippen LogP contribution < -0.4 is 20.1 Å². The molecular weight excluding hydrogens is 466 g/mol. The standard InChI is InChI=1S/C25H21N5O6/c1-33-22(31)14-35-20-8-7-15(11-16(20)24(32)34-2)13-28-25-27-10-9-18(30-25)17(12-26)23-29-19-5-3-4-6-21(19)36-23/h3-11,29H,13-14H2,1-2H3,(H,27,28,30)/b23-17+. The van der Waals surface area contributed by atoms with Crippen LogP contribution in [0.25, 0.3) is 5.57 Å². The number of allylic oxidation sites excluding steroid dienone is 1. The van der Waals surface area contributed by atoms with Crippen LogP contribution in [0.4, 0.5) is 11.6 Å². The second kappa shape index (κ2) is 10.9. The van der Waals surface area contributed by atoms with E-state index >= 15 is 0 Å². The number of ether oxygens (including phenoxy) is 4. The van der Waals surface area contributed by atoms with Gasteiger partial charge in [-0.25, -0.2) is 19.6 Å². The van der Waals surface area contributed by atoms with Crippen LogP contribution in [-0.2, 0) is 20.8 Å². The highest BCUT2D eigenvalue weighted by Gasteiger charge is 2.22. The van der Waals surface area contributed by atoms with Crippen molar-refractivity contribution in [2.45, 2.75) is 6.54 Å². The molecule has 0 saturated carbocycles. The first-order chi connectivity index (χ1) is 17.5. The van der Waals surface area contributed by atoms with Gasteiger partial charge in [0.1, 0.15) is 23.0 Å². The van der Waals surface area contributed by atoms with Gasteiger partial charge in [0.05, 0.1) is 25.6 Å². The van der Waals surface area contributed by atoms with Crippen LogP contribution in [0.2, 0.25) is 0 Å². The molecular formula is C25H21N5O6. The van der Waals surface area contributed by atoms with E-state index in [9.17, 15) is 14.9 Å². The third-order valence-corrected chi connectivity index (χ3v) is 5.07. The summed E-state index contributed by atoms with van der Waals surface area (Å²) in [5.74, 6) is 0.154. The van der Waals surface area contributed by atoms with E-state index in [2.05, 4.69) is 31.4 Å². The number of anilines is 2. The zero-order valence-electron chi connectivity index (χ0n) is 19.4. The molecule has 1 aromatic heterocycles. The Labute approximate surface area is 206 Å². The number of carbonyl (C=O) groups excluding carboxylic acids is 2. The summed E-state index contributed by atoms with van der Waals surface area (Å²) in [5.41, 5.74) is 2.19. The second-order valence-electron chi connectivity index (χ2n) is 7.35. The summed E-state index contributed by atoms with van der Waals surface area (Å²) < 4.78 is 20.5. The number of carbonyl (C=O) groups is 2. The molecule has 0 saturated heterocycles. The molecule has 0 bridgehead atoms. The van der Waals surface area contributed by atoms with Crippen molar-refractivity contribution in [1.82, 2.24) is 9.97 Å². The molecule has 0 unspecified atom stereocenters. The number of nitrogens with zero attached hydrogens (tertiary/aromatic N) is 3. The van der Waals surface area contributed by atoms with Crippen molar-refractivity contribution in [2.24, 2.45) is 0 Å². The Kier molecular flexibility index (Phi) is 7.26. The fourth-order valence-electron chi connectivity index (χ4n) is 3.30. The molecule has 0 fully saturated rings. The molecule has 1 aliphatic heterocycles. The van der Waals surface area contributed by atoms with Gasteiger partial charge in [-0.05, 0) is 35.9 Å². The van der Waals surface area contributed by atoms with Gasteiger partial charge in [0.2, 0.25) is 11.8 Å². The molecule has 11 nitrogen and oxygen atoms in total. The van der Waals surface area contributed by atoms with Crippen LogP contribution in [0.3, 0.4) is 0 Å². The van der Waals surface area contributed by atoms with Crippen molar-refractivity contribution < 1.29 is 28.5 Å². The Morgan fingerprint density at radius 2 is 1.97 bits per heavy atom. The summed E-state index contributed by atoms with van der Waals surface area (Å²) in [5, 5.41) is 15.9. The van der Waals surface area contributed by atoms with Crippen molar-refractivity contribution in [1.29, 1.82) is 5.26 Å². The minimum atomic E-state index is -0.620. The third-order valence-electron chi connectivity index (χ3n) is 5.07. The first-order valence-corrected chi connectivity index (χ1v) is 10.7. The Balaban J connectivity index is 1.50. The van der Waals surface area contributed by atoms with E-state index < -0.39 is 11.9 Å². The lowest BCUT2D eigenvalue weighted by Crippen LogP contribution is -2.15. The topological polar surface area (TPSA) is 145 Å². The summed E-state index contributed by atoms with van der Waals surface area (Å²) in [7, 11) is 2.49. The number of nitrogens with one attached hydrogen (secondary N) is 2. The van der Waals surface area contributed by atoms with Gasteiger partial charge < -0.3 is 29.6 Å². The van der Waals surface area contributed by atoms with Gasteiger partial charge in [0.15, 0.2) is 12.4 Å². The number of esters is 2. The molecule has 182 valence electrons. The predicted molar refractivity (Wildman–Crippen MR) is 128 cm³/mol. The molecule has 0 aliphatic carbocycles. The highest BCUT2D eigenvalue weighted by molar-refractivity contribution is 5.92. The number of rotatable bonds is 8. The van der Waals surface area contributed by atoms with Gasteiger partial charge in [-0.2, -0.15) is 5.26 Å². The molecule has 4 rings (SSSR count).